The van der Waals surface area contributed by atoms with Crippen LogP contribution in [0, 0.1) is 5.92 Å². The molecule has 3 heterocycles. The van der Waals surface area contributed by atoms with Crippen molar-refractivity contribution in [1.29, 1.82) is 0 Å². The first kappa shape index (κ1) is 20.3. The van der Waals surface area contributed by atoms with Crippen LogP contribution in [0.25, 0.3) is 0 Å². The Morgan fingerprint density at radius 1 is 1.37 bits per heavy atom. The highest BCUT2D eigenvalue weighted by Crippen LogP contribution is 2.28. The monoisotopic (exact) mass is 431 g/mol. The summed E-state index contributed by atoms with van der Waals surface area (Å²) in [7, 11) is -3.71. The highest BCUT2D eigenvalue weighted by molar-refractivity contribution is 7.99. The molecule has 1 aliphatic heterocycles. The molecule has 8 nitrogen and oxygen atoms in total. The van der Waals surface area contributed by atoms with E-state index in [1.54, 1.807) is 17.1 Å². The smallest absolute Gasteiger partial charge is 0.350 e. The highest BCUT2D eigenvalue weighted by atomic mass is 32.2. The number of rotatable bonds is 7. The molecular weight excluding hydrogens is 410 g/mol. The van der Waals surface area contributed by atoms with E-state index in [2.05, 4.69) is 10.1 Å². The number of ether oxygens (including phenoxy) is 1. The average Bonchev–Trinajstić information content (AvgIpc) is 3.29. The zero-order valence-corrected chi connectivity index (χ0v) is 17.5. The van der Waals surface area contributed by atoms with E-state index < -0.39 is 16.0 Å². The van der Waals surface area contributed by atoms with E-state index in [4.69, 9.17) is 9.26 Å². The van der Waals surface area contributed by atoms with Gasteiger partial charge in [0.05, 0.1) is 0 Å². The van der Waals surface area contributed by atoms with Crippen LogP contribution in [-0.2, 0) is 27.8 Å². The quantitative estimate of drug-likeness (QED) is 0.616. The molecule has 0 radical (unpaired) electrons. The number of thioether (sulfide) groups is 1. The first-order valence-electron chi connectivity index (χ1n) is 8.52. The van der Waals surface area contributed by atoms with Crippen LogP contribution in [0.3, 0.4) is 0 Å². The van der Waals surface area contributed by atoms with Crippen molar-refractivity contribution in [2.75, 3.05) is 24.6 Å². The Balaban J connectivity index is 1.67. The van der Waals surface area contributed by atoms with Gasteiger partial charge in [-0.15, -0.1) is 11.3 Å². The fourth-order valence-electron chi connectivity index (χ4n) is 2.57. The maximum atomic E-state index is 12.8. The summed E-state index contributed by atoms with van der Waals surface area (Å²) in [5, 5.41) is 5.41. The first-order valence-corrected chi connectivity index (χ1v) is 12.0. The fourth-order valence-corrected chi connectivity index (χ4v) is 6.42. The normalized spacial score (nSPS) is 16.0. The maximum absolute atomic E-state index is 12.8. The van der Waals surface area contributed by atoms with Gasteiger partial charge in [-0.2, -0.15) is 21.1 Å². The molecule has 1 saturated heterocycles. The maximum Gasteiger partial charge on any atom is 0.350 e. The third-order valence-electron chi connectivity index (χ3n) is 3.83. The van der Waals surface area contributed by atoms with Crippen molar-refractivity contribution in [3.05, 3.63) is 28.0 Å². The first-order chi connectivity index (χ1) is 12.9. The van der Waals surface area contributed by atoms with Crippen LogP contribution < -0.4 is 0 Å². The van der Waals surface area contributed by atoms with Gasteiger partial charge in [0.2, 0.25) is 10.0 Å². The topological polar surface area (TPSA) is 103 Å². The zero-order chi connectivity index (χ0) is 19.4. The molecule has 27 heavy (non-hydrogen) atoms. The summed E-state index contributed by atoms with van der Waals surface area (Å²) < 4.78 is 37.3. The number of aromatic nitrogens is 2. The van der Waals surface area contributed by atoms with Gasteiger partial charge in [-0.25, -0.2) is 13.2 Å². The van der Waals surface area contributed by atoms with Gasteiger partial charge in [0.15, 0.2) is 12.4 Å². The number of esters is 1. The van der Waals surface area contributed by atoms with Crippen LogP contribution in [0.4, 0.5) is 0 Å². The van der Waals surface area contributed by atoms with Crippen molar-refractivity contribution >= 4 is 39.1 Å². The lowest BCUT2D eigenvalue weighted by Gasteiger charge is -2.25. The molecule has 3 rings (SSSR count). The summed E-state index contributed by atoms with van der Waals surface area (Å²) >= 11 is 2.76. The Morgan fingerprint density at radius 2 is 2.11 bits per heavy atom. The minimum atomic E-state index is -3.71. The van der Waals surface area contributed by atoms with Gasteiger partial charge in [0, 0.05) is 31.0 Å². The van der Waals surface area contributed by atoms with Gasteiger partial charge in [-0.3, -0.25) is 0 Å². The molecule has 0 bridgehead atoms. The van der Waals surface area contributed by atoms with Crippen LogP contribution in [0.5, 0.6) is 0 Å². The van der Waals surface area contributed by atoms with E-state index in [9.17, 15) is 13.2 Å². The molecule has 0 saturated carbocycles. The number of sulfonamides is 1. The minimum Gasteiger partial charge on any atom is -0.451 e. The lowest BCUT2D eigenvalue weighted by atomic mass is 10.1. The molecule has 0 atom stereocenters. The number of carbonyl (C=O) groups is 1. The molecule has 2 aromatic rings. The molecule has 0 spiro atoms. The molecule has 0 aliphatic carbocycles. The second-order valence-corrected chi connectivity index (χ2v) is 10.5. The summed E-state index contributed by atoms with van der Waals surface area (Å²) in [6.07, 6.45) is 0.666. The second-order valence-electron chi connectivity index (χ2n) is 6.41. The van der Waals surface area contributed by atoms with Crippen molar-refractivity contribution in [1.82, 2.24) is 14.4 Å². The van der Waals surface area contributed by atoms with Gasteiger partial charge in [0.1, 0.15) is 9.77 Å². The molecule has 0 N–H and O–H groups in total. The number of thiophene rings is 1. The van der Waals surface area contributed by atoms with Gasteiger partial charge in [-0.1, -0.05) is 19.0 Å². The van der Waals surface area contributed by atoms with Crippen molar-refractivity contribution < 1.29 is 22.5 Å². The number of hydrogen-bond donors (Lipinski definition) is 0. The minimum absolute atomic E-state index is 0.00424. The molecule has 1 fully saturated rings. The van der Waals surface area contributed by atoms with Crippen LogP contribution in [0.2, 0.25) is 0 Å². The van der Waals surface area contributed by atoms with Crippen LogP contribution in [0.1, 0.15) is 35.2 Å². The predicted octanol–water partition coefficient (Wildman–Crippen LogP) is 2.42. The lowest BCUT2D eigenvalue weighted by molar-refractivity contribution is 0.0431. The Hall–Kier alpha value is -1.43. The van der Waals surface area contributed by atoms with Crippen molar-refractivity contribution in [3.8, 4) is 0 Å². The molecule has 0 amide bonds. The van der Waals surface area contributed by atoms with Gasteiger partial charge in [-0.05, 0) is 17.4 Å². The van der Waals surface area contributed by atoms with Gasteiger partial charge in [0.25, 0.3) is 5.89 Å². The Bertz CT molecular complexity index is 885. The van der Waals surface area contributed by atoms with E-state index in [1.165, 1.54) is 10.4 Å². The van der Waals surface area contributed by atoms with Gasteiger partial charge >= 0.3 is 5.97 Å². The van der Waals surface area contributed by atoms with Crippen molar-refractivity contribution in [2.45, 2.75) is 31.8 Å². The standard InChI is InChI=1S/C16H21N3O5S3/c1-11(2)9-13-17-14(24-18-13)10-23-16(20)15-12(3-6-26-15)27(21,22)19-4-7-25-8-5-19/h3,6,11H,4-5,7-10H2,1-2H3. The molecule has 2 aromatic heterocycles. The van der Waals surface area contributed by atoms with Crippen molar-refractivity contribution in [3.63, 3.8) is 0 Å². The Labute approximate surface area is 166 Å². The third kappa shape index (κ3) is 4.89. The summed E-state index contributed by atoms with van der Waals surface area (Å²) in [6.45, 7) is 4.77. The summed E-state index contributed by atoms with van der Waals surface area (Å²) in [4.78, 5) is 16.7. The molecule has 11 heteroatoms. The summed E-state index contributed by atoms with van der Waals surface area (Å²) in [5.74, 6) is 1.91. The van der Waals surface area contributed by atoms with Crippen LogP contribution in [0.15, 0.2) is 20.9 Å². The Morgan fingerprint density at radius 3 is 2.81 bits per heavy atom. The van der Waals surface area contributed by atoms with Gasteiger partial charge < -0.3 is 9.26 Å². The fraction of sp³-hybridized carbons (Fsp3) is 0.562. The van der Waals surface area contributed by atoms with E-state index >= 15 is 0 Å². The summed E-state index contributed by atoms with van der Waals surface area (Å²) in [6, 6.07) is 1.45. The predicted molar refractivity (Wildman–Crippen MR) is 102 cm³/mol. The number of hydrogen-bond acceptors (Lipinski definition) is 9. The van der Waals surface area contributed by atoms with Crippen LogP contribution in [-0.4, -0.2) is 53.4 Å². The molecule has 148 valence electrons. The van der Waals surface area contributed by atoms with E-state index in [1.807, 2.05) is 13.8 Å². The summed E-state index contributed by atoms with van der Waals surface area (Å²) in [5.41, 5.74) is 0. The number of carbonyl (C=O) groups excluding carboxylic acids is 1. The number of nitrogens with zero attached hydrogens (tertiary/aromatic N) is 3. The highest BCUT2D eigenvalue weighted by Gasteiger charge is 2.31. The van der Waals surface area contributed by atoms with E-state index in [0.29, 0.717) is 31.3 Å². The average molecular weight is 432 g/mol. The second kappa shape index (κ2) is 8.72. The van der Waals surface area contributed by atoms with E-state index in [0.717, 1.165) is 22.8 Å². The largest absolute Gasteiger partial charge is 0.451 e. The SMILES string of the molecule is CC(C)Cc1noc(COC(=O)c2sccc2S(=O)(=O)N2CCSCC2)n1. The zero-order valence-electron chi connectivity index (χ0n) is 15.1. The molecule has 0 unspecified atom stereocenters. The molecule has 1 aliphatic rings. The van der Waals surface area contributed by atoms with E-state index in [-0.39, 0.29) is 22.3 Å². The molecule has 0 aromatic carbocycles. The van der Waals surface area contributed by atoms with Crippen molar-refractivity contribution in [2.24, 2.45) is 5.92 Å². The third-order valence-corrected chi connectivity index (χ3v) is 7.74. The van der Waals surface area contributed by atoms with Crippen LogP contribution >= 0.6 is 23.1 Å². The lowest BCUT2D eigenvalue weighted by Crippen LogP contribution is -2.38. The molecular formula is C16H21N3O5S3. The Kier molecular flexibility index (Phi) is 6.56.